The molecule has 136 valence electrons. The average Bonchev–Trinajstić information content (AvgIpc) is 2.65. The number of aryl methyl sites for hydroxylation is 1. The van der Waals surface area contributed by atoms with Crippen LogP contribution in [-0.4, -0.2) is 35.6 Å². The zero-order valence-electron chi connectivity index (χ0n) is 14.8. The van der Waals surface area contributed by atoms with Gasteiger partial charge in [0.15, 0.2) is 0 Å². The van der Waals surface area contributed by atoms with Crippen molar-refractivity contribution in [3.8, 4) is 5.75 Å². The molecule has 24 heavy (non-hydrogen) atoms. The van der Waals surface area contributed by atoms with E-state index in [1.807, 2.05) is 24.3 Å². The van der Waals surface area contributed by atoms with Crippen LogP contribution in [0.15, 0.2) is 24.3 Å². The van der Waals surface area contributed by atoms with E-state index in [1.54, 1.807) is 0 Å². The highest BCUT2D eigenvalue weighted by Crippen LogP contribution is 2.27. The van der Waals surface area contributed by atoms with Crippen LogP contribution in [0.5, 0.6) is 5.75 Å². The van der Waals surface area contributed by atoms with E-state index in [-0.39, 0.29) is 13.2 Å². The van der Waals surface area contributed by atoms with Crippen molar-refractivity contribution in [1.29, 1.82) is 0 Å². The van der Waals surface area contributed by atoms with E-state index in [0.29, 0.717) is 6.42 Å². The number of aliphatic hydroxyl groups is 2. The Morgan fingerprint density at radius 1 is 1.04 bits per heavy atom. The predicted molar refractivity (Wildman–Crippen MR) is 97.2 cm³/mol. The SMILES string of the molecule is NC(CO)(CO)CCc1ccc(OCCCC2CCCCC2)cc1. The molecule has 4 N–H and O–H groups in total. The van der Waals surface area contributed by atoms with Crippen LogP contribution in [-0.2, 0) is 6.42 Å². The molecule has 1 aromatic carbocycles. The number of aliphatic hydroxyl groups excluding tert-OH is 2. The Kier molecular flexibility index (Phi) is 8.03. The lowest BCUT2D eigenvalue weighted by Gasteiger charge is -2.24. The second-order valence-corrected chi connectivity index (χ2v) is 7.32. The quantitative estimate of drug-likeness (QED) is 0.575. The molecule has 0 spiro atoms. The molecule has 0 aliphatic heterocycles. The Labute approximate surface area is 146 Å². The van der Waals surface area contributed by atoms with Crippen molar-refractivity contribution in [2.24, 2.45) is 11.7 Å². The van der Waals surface area contributed by atoms with Crippen molar-refractivity contribution >= 4 is 0 Å². The summed E-state index contributed by atoms with van der Waals surface area (Å²) in [5, 5.41) is 18.4. The van der Waals surface area contributed by atoms with Crippen molar-refractivity contribution in [1.82, 2.24) is 0 Å². The highest BCUT2D eigenvalue weighted by Gasteiger charge is 2.22. The second kappa shape index (κ2) is 10.0. The molecule has 1 aliphatic rings. The summed E-state index contributed by atoms with van der Waals surface area (Å²) < 4.78 is 5.84. The van der Waals surface area contributed by atoms with Crippen LogP contribution >= 0.6 is 0 Å². The maximum atomic E-state index is 9.22. The Hall–Kier alpha value is -1.10. The van der Waals surface area contributed by atoms with Crippen LogP contribution in [0.4, 0.5) is 0 Å². The van der Waals surface area contributed by atoms with Crippen LogP contribution in [0, 0.1) is 5.92 Å². The molecule has 0 saturated heterocycles. The zero-order chi connectivity index (χ0) is 17.3. The van der Waals surface area contributed by atoms with Crippen molar-refractivity contribution in [2.45, 2.75) is 63.3 Å². The number of rotatable bonds is 10. The van der Waals surface area contributed by atoms with Gasteiger partial charge in [0.1, 0.15) is 5.75 Å². The molecule has 0 bridgehead atoms. The van der Waals surface area contributed by atoms with Crippen LogP contribution in [0.2, 0.25) is 0 Å². The molecule has 0 aromatic heterocycles. The van der Waals surface area contributed by atoms with E-state index < -0.39 is 5.54 Å². The summed E-state index contributed by atoms with van der Waals surface area (Å²) >= 11 is 0. The van der Waals surface area contributed by atoms with E-state index in [1.165, 1.54) is 38.5 Å². The minimum absolute atomic E-state index is 0.203. The summed E-state index contributed by atoms with van der Waals surface area (Å²) in [7, 11) is 0. The van der Waals surface area contributed by atoms with Crippen molar-refractivity contribution < 1.29 is 14.9 Å². The molecule has 1 fully saturated rings. The molecule has 0 atom stereocenters. The standard InChI is InChI=1S/C20H33NO3/c21-20(15-22,16-23)13-12-18-8-10-19(11-9-18)24-14-4-7-17-5-2-1-3-6-17/h8-11,17,22-23H,1-7,12-16,21H2. The monoisotopic (exact) mass is 335 g/mol. The smallest absolute Gasteiger partial charge is 0.119 e. The van der Waals surface area contributed by atoms with Gasteiger partial charge in [-0.25, -0.2) is 0 Å². The Balaban J connectivity index is 1.66. The van der Waals surface area contributed by atoms with Gasteiger partial charge in [-0.1, -0.05) is 44.2 Å². The fourth-order valence-electron chi connectivity index (χ4n) is 3.39. The van der Waals surface area contributed by atoms with E-state index in [0.717, 1.165) is 36.7 Å². The summed E-state index contributed by atoms with van der Waals surface area (Å²) in [6.45, 7) is 0.383. The molecule has 1 aliphatic carbocycles. The van der Waals surface area contributed by atoms with Crippen LogP contribution in [0.25, 0.3) is 0 Å². The highest BCUT2D eigenvalue weighted by atomic mass is 16.5. The number of hydrogen-bond acceptors (Lipinski definition) is 4. The molecule has 2 rings (SSSR count). The molecule has 0 radical (unpaired) electrons. The van der Waals surface area contributed by atoms with E-state index in [4.69, 9.17) is 10.5 Å². The Morgan fingerprint density at radius 3 is 2.33 bits per heavy atom. The predicted octanol–water partition coefficient (Wildman–Crippen LogP) is 3.04. The third-order valence-corrected chi connectivity index (χ3v) is 5.21. The number of ether oxygens (including phenoxy) is 1. The minimum Gasteiger partial charge on any atom is -0.494 e. The van der Waals surface area contributed by atoms with Gasteiger partial charge in [-0.05, 0) is 49.3 Å². The Morgan fingerprint density at radius 2 is 1.71 bits per heavy atom. The molecule has 4 heteroatoms. The molecular weight excluding hydrogens is 302 g/mol. The van der Waals surface area contributed by atoms with E-state index >= 15 is 0 Å². The lowest BCUT2D eigenvalue weighted by atomic mass is 9.86. The number of nitrogens with two attached hydrogens (primary N) is 1. The maximum absolute atomic E-state index is 9.22. The molecule has 4 nitrogen and oxygen atoms in total. The Bertz CT molecular complexity index is 450. The molecular formula is C20H33NO3. The highest BCUT2D eigenvalue weighted by molar-refractivity contribution is 5.27. The second-order valence-electron chi connectivity index (χ2n) is 7.32. The van der Waals surface area contributed by atoms with E-state index in [2.05, 4.69) is 0 Å². The van der Waals surface area contributed by atoms with Gasteiger partial charge in [0.2, 0.25) is 0 Å². The first-order valence-electron chi connectivity index (χ1n) is 9.37. The largest absolute Gasteiger partial charge is 0.494 e. The zero-order valence-corrected chi connectivity index (χ0v) is 14.8. The van der Waals surface area contributed by atoms with Gasteiger partial charge in [-0.2, -0.15) is 0 Å². The van der Waals surface area contributed by atoms with Gasteiger partial charge in [-0.15, -0.1) is 0 Å². The summed E-state index contributed by atoms with van der Waals surface area (Å²) in [6.07, 6.45) is 10.8. The fraction of sp³-hybridized carbons (Fsp3) is 0.700. The molecule has 0 amide bonds. The van der Waals surface area contributed by atoms with Crippen LogP contribution < -0.4 is 10.5 Å². The van der Waals surface area contributed by atoms with Gasteiger partial charge >= 0.3 is 0 Å². The average molecular weight is 335 g/mol. The topological polar surface area (TPSA) is 75.7 Å². The van der Waals surface area contributed by atoms with E-state index in [9.17, 15) is 10.2 Å². The fourth-order valence-corrected chi connectivity index (χ4v) is 3.39. The summed E-state index contributed by atoms with van der Waals surface area (Å²) in [4.78, 5) is 0. The number of benzene rings is 1. The summed E-state index contributed by atoms with van der Waals surface area (Å²) in [5.74, 6) is 1.82. The molecule has 1 aromatic rings. The minimum atomic E-state index is -0.895. The lowest BCUT2D eigenvalue weighted by Crippen LogP contribution is -2.47. The normalized spacial score (nSPS) is 16.3. The van der Waals surface area contributed by atoms with Gasteiger partial charge < -0.3 is 20.7 Å². The lowest BCUT2D eigenvalue weighted by molar-refractivity contribution is 0.115. The van der Waals surface area contributed by atoms with Crippen molar-refractivity contribution in [2.75, 3.05) is 19.8 Å². The van der Waals surface area contributed by atoms with Crippen LogP contribution in [0.1, 0.15) is 56.9 Å². The third-order valence-electron chi connectivity index (χ3n) is 5.21. The molecule has 1 saturated carbocycles. The van der Waals surface area contributed by atoms with Gasteiger partial charge in [-0.3, -0.25) is 0 Å². The van der Waals surface area contributed by atoms with Gasteiger partial charge in [0.25, 0.3) is 0 Å². The van der Waals surface area contributed by atoms with Crippen molar-refractivity contribution in [3.05, 3.63) is 29.8 Å². The third kappa shape index (κ3) is 6.42. The first-order valence-corrected chi connectivity index (χ1v) is 9.37. The maximum Gasteiger partial charge on any atom is 0.119 e. The molecule has 0 unspecified atom stereocenters. The first kappa shape index (κ1) is 19.2. The summed E-state index contributed by atoms with van der Waals surface area (Å²) in [6, 6.07) is 8.05. The van der Waals surface area contributed by atoms with Crippen LogP contribution in [0.3, 0.4) is 0 Å². The number of hydrogen-bond donors (Lipinski definition) is 3. The summed E-state index contributed by atoms with van der Waals surface area (Å²) in [5.41, 5.74) is 6.14. The molecule has 0 heterocycles. The van der Waals surface area contributed by atoms with Crippen molar-refractivity contribution in [3.63, 3.8) is 0 Å². The van der Waals surface area contributed by atoms with Gasteiger partial charge in [0.05, 0.1) is 25.4 Å². The van der Waals surface area contributed by atoms with Gasteiger partial charge in [0, 0.05) is 0 Å². The first-order chi connectivity index (χ1) is 11.6.